The van der Waals surface area contributed by atoms with Crippen LogP contribution < -0.4 is 5.32 Å². The van der Waals surface area contributed by atoms with Crippen LogP contribution in [0.2, 0.25) is 0 Å². The first-order chi connectivity index (χ1) is 8.60. The van der Waals surface area contributed by atoms with Gasteiger partial charge in [0, 0.05) is 45.0 Å². The number of nitrogens with zero attached hydrogens (tertiary/aromatic N) is 1. The van der Waals surface area contributed by atoms with Gasteiger partial charge in [-0.05, 0) is 33.2 Å². The van der Waals surface area contributed by atoms with Gasteiger partial charge in [0.15, 0.2) is 0 Å². The number of hydrogen-bond acceptors (Lipinski definition) is 3. The molecule has 1 fully saturated rings. The Kier molecular flexibility index (Phi) is 9.58. The Balaban J connectivity index is 0.00000324. The third kappa shape index (κ3) is 5.76. The fourth-order valence-electron chi connectivity index (χ4n) is 2.29. The predicted octanol–water partition coefficient (Wildman–Crippen LogP) is 1.34. The summed E-state index contributed by atoms with van der Waals surface area (Å²) in [6, 6.07) is 0. The molecular weight excluding hydrogens is 317 g/mol. The summed E-state index contributed by atoms with van der Waals surface area (Å²) >= 11 is 0. The van der Waals surface area contributed by atoms with Gasteiger partial charge in [-0.1, -0.05) is 11.6 Å². The fourth-order valence-corrected chi connectivity index (χ4v) is 2.29. The van der Waals surface area contributed by atoms with E-state index in [4.69, 9.17) is 0 Å². The molecule has 0 aromatic heterocycles. The quantitative estimate of drug-likeness (QED) is 0.587. The molecule has 1 amide bonds. The average Bonchev–Trinajstić information content (AvgIpc) is 2.80. The second kappa shape index (κ2) is 9.68. The number of rotatable bonds is 6. The van der Waals surface area contributed by atoms with Gasteiger partial charge in [0.05, 0.1) is 5.92 Å². The molecule has 1 atom stereocenters. The maximum absolute atomic E-state index is 12.3. The molecule has 0 saturated heterocycles. The van der Waals surface area contributed by atoms with E-state index < -0.39 is 0 Å². The van der Waals surface area contributed by atoms with Crippen molar-refractivity contribution < 1.29 is 42.3 Å². The second-order valence-electron chi connectivity index (χ2n) is 4.55. The molecular formula is C14H22N2O2Y-2. The summed E-state index contributed by atoms with van der Waals surface area (Å²) in [4.78, 5) is 24.8. The molecule has 0 unspecified atom stereocenters. The van der Waals surface area contributed by atoms with Crippen LogP contribution in [0.3, 0.4) is 0 Å². The van der Waals surface area contributed by atoms with Crippen molar-refractivity contribution in [3.8, 4) is 0 Å². The van der Waals surface area contributed by atoms with Crippen molar-refractivity contribution in [2.75, 3.05) is 20.1 Å². The zero-order valence-electron chi connectivity index (χ0n) is 11.8. The van der Waals surface area contributed by atoms with Crippen LogP contribution in [0, 0.1) is 19.4 Å². The molecule has 0 aromatic rings. The Morgan fingerprint density at radius 1 is 1.58 bits per heavy atom. The topological polar surface area (TPSA) is 49.4 Å². The van der Waals surface area contributed by atoms with Gasteiger partial charge in [-0.25, -0.2) is 6.54 Å². The number of Topliss-reactive ketones (excluding diaryl/α,β-unsaturated/α-hetero) is 1. The van der Waals surface area contributed by atoms with Gasteiger partial charge >= 0.3 is 0 Å². The first-order valence-electron chi connectivity index (χ1n) is 6.38. The van der Waals surface area contributed by atoms with Crippen molar-refractivity contribution in [3.63, 3.8) is 0 Å². The molecule has 1 aliphatic rings. The number of ketones is 1. The van der Waals surface area contributed by atoms with Crippen LogP contribution in [0.15, 0.2) is 11.6 Å². The minimum Gasteiger partial charge on any atom is -0.496 e. The number of likely N-dealkylation sites (N-methyl/N-ethyl adjacent to an activating group) is 1. The Hall–Kier alpha value is -0.186. The molecule has 1 saturated carbocycles. The van der Waals surface area contributed by atoms with E-state index in [0.717, 1.165) is 25.8 Å². The summed E-state index contributed by atoms with van der Waals surface area (Å²) < 4.78 is 0. The third-order valence-electron chi connectivity index (χ3n) is 3.13. The van der Waals surface area contributed by atoms with Crippen LogP contribution in [0.25, 0.3) is 0 Å². The largest absolute Gasteiger partial charge is 0.496 e. The Morgan fingerprint density at radius 2 is 2.26 bits per heavy atom. The van der Waals surface area contributed by atoms with Crippen LogP contribution in [0.4, 0.5) is 0 Å². The first kappa shape index (κ1) is 18.8. The van der Waals surface area contributed by atoms with E-state index >= 15 is 0 Å². The summed E-state index contributed by atoms with van der Waals surface area (Å²) in [6.07, 6.45) is 4.97. The van der Waals surface area contributed by atoms with Gasteiger partial charge in [0.1, 0.15) is 0 Å². The number of amides is 1. The summed E-state index contributed by atoms with van der Waals surface area (Å²) in [6.45, 7) is 7.58. The zero-order chi connectivity index (χ0) is 13.5. The van der Waals surface area contributed by atoms with Crippen molar-refractivity contribution in [3.05, 3.63) is 25.1 Å². The van der Waals surface area contributed by atoms with Crippen molar-refractivity contribution in [2.45, 2.75) is 26.2 Å². The van der Waals surface area contributed by atoms with E-state index in [1.54, 1.807) is 0 Å². The van der Waals surface area contributed by atoms with E-state index in [-0.39, 0.29) is 50.3 Å². The molecule has 1 N–H and O–H groups in total. The summed E-state index contributed by atoms with van der Waals surface area (Å²) in [7, 11) is 1.88. The number of carbonyl (C=O) groups is 2. The smallest absolute Gasteiger partial charge is 0.201 e. The van der Waals surface area contributed by atoms with Crippen LogP contribution in [0.1, 0.15) is 26.2 Å². The predicted molar refractivity (Wildman–Crippen MR) is 71.4 cm³/mol. The van der Waals surface area contributed by atoms with Crippen molar-refractivity contribution in [2.24, 2.45) is 5.92 Å². The van der Waals surface area contributed by atoms with Crippen LogP contribution in [-0.2, 0) is 42.3 Å². The molecule has 0 aliphatic heterocycles. The van der Waals surface area contributed by atoms with Gasteiger partial charge in [-0.15, -0.1) is 6.54 Å². The average molecular weight is 339 g/mol. The van der Waals surface area contributed by atoms with Gasteiger partial charge in [0.2, 0.25) is 5.91 Å². The van der Waals surface area contributed by atoms with E-state index in [9.17, 15) is 9.59 Å². The normalized spacial score (nSPS) is 19.9. The van der Waals surface area contributed by atoms with Gasteiger partial charge in [-0.2, -0.15) is 0 Å². The van der Waals surface area contributed by atoms with Gasteiger partial charge < -0.3 is 21.9 Å². The Labute approximate surface area is 141 Å². The van der Waals surface area contributed by atoms with Crippen molar-refractivity contribution >= 4 is 11.7 Å². The van der Waals surface area contributed by atoms with Gasteiger partial charge in [0.25, 0.3) is 0 Å². The monoisotopic (exact) mass is 339 g/mol. The van der Waals surface area contributed by atoms with E-state index in [0.29, 0.717) is 6.54 Å². The number of hydrogen-bond donors (Lipinski definition) is 1. The minimum absolute atomic E-state index is 0. The molecule has 19 heavy (non-hydrogen) atoms. The summed E-state index contributed by atoms with van der Waals surface area (Å²) in [5.41, 5.74) is 1.18. The second-order valence-corrected chi connectivity index (χ2v) is 4.55. The summed E-state index contributed by atoms with van der Waals surface area (Å²) in [5.74, 6) is -0.193. The molecule has 0 aromatic carbocycles. The molecule has 1 rings (SSSR count). The van der Waals surface area contributed by atoms with Crippen molar-refractivity contribution in [1.29, 1.82) is 0 Å². The Morgan fingerprint density at radius 3 is 2.79 bits per heavy atom. The molecule has 1 aliphatic carbocycles. The summed E-state index contributed by atoms with van der Waals surface area (Å²) in [5, 5.41) is 3.05. The first-order valence-corrected chi connectivity index (χ1v) is 6.38. The maximum Gasteiger partial charge on any atom is 0.201 e. The van der Waals surface area contributed by atoms with Crippen LogP contribution in [0.5, 0.6) is 0 Å². The maximum atomic E-state index is 12.3. The van der Waals surface area contributed by atoms with Crippen molar-refractivity contribution in [1.82, 2.24) is 10.2 Å². The minimum atomic E-state index is -0.120. The Bertz CT molecular complexity index is 342. The standard InChI is InChI=1S/C14H22N2O2.Y/c1-4-16(10-11(2)17)14(18)13-7-5-6-12(13)8-9-15-3;/h8,10,13,15H,1,4-7,9H2,2-3H3;/q-2;/b12-8+;/t13-;/m0./s1. The zero-order valence-corrected chi connectivity index (χ0v) is 14.7. The molecule has 4 nitrogen and oxygen atoms in total. The van der Waals surface area contributed by atoms with E-state index in [2.05, 4.69) is 18.3 Å². The molecule has 0 spiro atoms. The number of nitrogens with one attached hydrogen (secondary N) is 1. The molecule has 0 bridgehead atoms. The van der Waals surface area contributed by atoms with Crippen LogP contribution in [-0.4, -0.2) is 36.7 Å². The van der Waals surface area contributed by atoms with Gasteiger partial charge in [-0.3, -0.25) is 4.79 Å². The van der Waals surface area contributed by atoms with E-state index in [1.165, 1.54) is 23.9 Å². The number of carbonyl (C=O) groups excluding carboxylic acids is 2. The molecule has 0 heterocycles. The van der Waals surface area contributed by atoms with Crippen LogP contribution >= 0.6 is 0 Å². The molecule has 1 radical (unpaired) electrons. The molecule has 105 valence electrons. The fraction of sp³-hybridized carbons (Fsp3) is 0.571. The third-order valence-corrected chi connectivity index (χ3v) is 3.13. The molecule has 5 heteroatoms. The van der Waals surface area contributed by atoms with E-state index in [1.807, 2.05) is 7.05 Å². The SMILES string of the molecule is [CH2-]CN([CH-]C(C)=O)C(=O)[C@H]1CCC/C1=C\CNC.[Y].